The van der Waals surface area contributed by atoms with E-state index in [1.165, 1.54) is 31.3 Å². The van der Waals surface area contributed by atoms with Crippen molar-refractivity contribution < 1.29 is 37.2 Å². The second-order valence-electron chi connectivity index (χ2n) is 2.52. The van der Waals surface area contributed by atoms with Crippen molar-refractivity contribution in [3.05, 3.63) is 29.8 Å². The zero-order valence-corrected chi connectivity index (χ0v) is 9.17. The number of carbonyl (C=O) groups is 1. The minimum atomic E-state index is -3.50. The molecule has 0 spiro atoms. The third-order valence-electron chi connectivity index (χ3n) is 1.67. The molecule has 7 heteroatoms. The average molecular weight is 221 g/mol. The molecule has 0 aliphatic rings. The van der Waals surface area contributed by atoms with Gasteiger partial charge in [-0.25, -0.2) is 13.1 Å². The van der Waals surface area contributed by atoms with Crippen molar-refractivity contribution in [1.82, 2.24) is 4.72 Å². The van der Waals surface area contributed by atoms with Crippen LogP contribution in [0.1, 0.15) is 10.4 Å². The number of hydrogen-bond acceptors (Lipinski definition) is 4. The maximum atomic E-state index is 11.2. The summed E-state index contributed by atoms with van der Waals surface area (Å²) < 4.78 is 24.5. The number of aromatic carboxylic acids is 1. The maximum absolute atomic E-state index is 11.2. The minimum absolute atomic E-state index is 0. The molecule has 1 N–H and O–H groups in total. The van der Waals surface area contributed by atoms with Crippen LogP contribution in [0.5, 0.6) is 0 Å². The third-order valence-corrected chi connectivity index (χ3v) is 3.10. The van der Waals surface area contributed by atoms with E-state index in [1.54, 1.807) is 0 Å². The van der Waals surface area contributed by atoms with E-state index in [4.69, 9.17) is 0 Å². The quantitative estimate of drug-likeness (QED) is 0.526. The Morgan fingerprint density at radius 3 is 2.07 bits per heavy atom. The van der Waals surface area contributed by atoms with Crippen LogP contribution in [0.15, 0.2) is 29.2 Å². The molecule has 0 heterocycles. The van der Waals surface area contributed by atoms with Gasteiger partial charge in [-0.05, 0) is 24.7 Å². The molecular weight excluding hydrogens is 213 g/mol. The summed E-state index contributed by atoms with van der Waals surface area (Å²) in [5.74, 6) is -1.33. The molecule has 0 radical (unpaired) electrons. The van der Waals surface area contributed by atoms with E-state index in [-0.39, 0.29) is 29.3 Å². The van der Waals surface area contributed by atoms with Crippen LogP contribution in [-0.2, 0) is 10.0 Å². The number of carbonyl (C=O) groups excluding carboxylic acids is 1. The molecule has 0 aliphatic heterocycles. The Morgan fingerprint density at radius 1 is 1.27 bits per heavy atom. The van der Waals surface area contributed by atoms with Gasteiger partial charge < -0.3 is 9.90 Å². The molecule has 0 bridgehead atoms. The van der Waals surface area contributed by atoms with E-state index in [0.717, 1.165) is 0 Å². The SMILES string of the molecule is CNS(=O)(=O)c1ccc(C(=O)[O-])cc1.[Li+]. The molecule has 0 aliphatic carbocycles. The van der Waals surface area contributed by atoms with Crippen molar-refractivity contribution in [2.45, 2.75) is 4.90 Å². The Bertz CT molecular complexity index is 440. The van der Waals surface area contributed by atoms with Crippen molar-refractivity contribution in [1.29, 1.82) is 0 Å². The fourth-order valence-corrected chi connectivity index (χ4v) is 1.62. The van der Waals surface area contributed by atoms with Crippen LogP contribution in [0, 0.1) is 0 Å². The molecule has 0 saturated carbocycles. The van der Waals surface area contributed by atoms with Crippen LogP contribution < -0.4 is 28.7 Å². The van der Waals surface area contributed by atoms with Gasteiger partial charge in [-0.2, -0.15) is 0 Å². The fraction of sp³-hybridized carbons (Fsp3) is 0.125. The summed E-state index contributed by atoms with van der Waals surface area (Å²) in [6.07, 6.45) is 0. The summed E-state index contributed by atoms with van der Waals surface area (Å²) in [5, 5.41) is 10.4. The number of rotatable bonds is 3. The number of benzene rings is 1. The molecule has 76 valence electrons. The topological polar surface area (TPSA) is 86.3 Å². The van der Waals surface area contributed by atoms with Crippen molar-refractivity contribution in [2.24, 2.45) is 0 Å². The van der Waals surface area contributed by atoms with Gasteiger partial charge in [0.15, 0.2) is 0 Å². The predicted octanol–water partition coefficient (Wildman–Crippen LogP) is -4.04. The summed E-state index contributed by atoms with van der Waals surface area (Å²) in [4.78, 5) is 10.4. The van der Waals surface area contributed by atoms with E-state index >= 15 is 0 Å². The van der Waals surface area contributed by atoms with Gasteiger partial charge in [0.1, 0.15) is 0 Å². The Balaban J connectivity index is 0.00000196. The summed E-state index contributed by atoms with van der Waals surface area (Å²) >= 11 is 0. The van der Waals surface area contributed by atoms with Crippen molar-refractivity contribution in [3.63, 3.8) is 0 Å². The Labute approximate surface area is 99.7 Å². The van der Waals surface area contributed by atoms with Gasteiger partial charge in [-0.1, -0.05) is 12.1 Å². The predicted molar refractivity (Wildman–Crippen MR) is 47.0 cm³/mol. The normalized spacial score (nSPS) is 10.5. The minimum Gasteiger partial charge on any atom is -0.545 e. The summed E-state index contributed by atoms with van der Waals surface area (Å²) in [6, 6.07) is 4.77. The standard InChI is InChI=1S/C8H9NO4S.Li/c1-9-14(12,13)7-4-2-6(3-5-7)8(10)11;/h2-5,9H,1H3,(H,10,11);/q;+1/p-1. The van der Waals surface area contributed by atoms with E-state index in [9.17, 15) is 18.3 Å². The van der Waals surface area contributed by atoms with Gasteiger partial charge >= 0.3 is 18.9 Å². The fourth-order valence-electron chi connectivity index (χ4n) is 0.888. The van der Waals surface area contributed by atoms with Crippen LogP contribution in [0.2, 0.25) is 0 Å². The van der Waals surface area contributed by atoms with Crippen molar-refractivity contribution >= 4 is 16.0 Å². The first kappa shape index (κ1) is 14.2. The molecule has 1 aromatic rings. The number of hydrogen-bond donors (Lipinski definition) is 1. The second kappa shape index (κ2) is 5.33. The number of nitrogens with one attached hydrogen (secondary N) is 1. The molecular formula is C8H8LiNO4S. The van der Waals surface area contributed by atoms with Gasteiger partial charge in [-0.15, -0.1) is 0 Å². The molecule has 1 aromatic carbocycles. The van der Waals surface area contributed by atoms with Gasteiger partial charge in [-0.3, -0.25) is 0 Å². The van der Waals surface area contributed by atoms with Crippen molar-refractivity contribution in [3.8, 4) is 0 Å². The first-order valence-electron chi connectivity index (χ1n) is 3.72. The Kier molecular flexibility index (Phi) is 5.04. The summed E-state index contributed by atoms with van der Waals surface area (Å²) in [5.41, 5.74) is -0.0555. The van der Waals surface area contributed by atoms with E-state index in [1.807, 2.05) is 0 Å². The van der Waals surface area contributed by atoms with Gasteiger partial charge in [0.05, 0.1) is 10.9 Å². The molecule has 0 saturated heterocycles. The molecule has 1 rings (SSSR count). The first-order valence-corrected chi connectivity index (χ1v) is 5.20. The summed E-state index contributed by atoms with van der Waals surface area (Å²) in [7, 11) is -2.22. The largest absolute Gasteiger partial charge is 1.00 e. The van der Waals surface area contributed by atoms with Crippen LogP contribution in [-0.4, -0.2) is 21.4 Å². The Morgan fingerprint density at radius 2 is 1.73 bits per heavy atom. The Hall–Kier alpha value is -0.803. The van der Waals surface area contributed by atoms with Gasteiger partial charge in [0.25, 0.3) is 0 Å². The zero-order valence-electron chi connectivity index (χ0n) is 8.35. The van der Waals surface area contributed by atoms with Crippen LogP contribution in [0.4, 0.5) is 0 Å². The third kappa shape index (κ3) is 3.36. The van der Waals surface area contributed by atoms with E-state index < -0.39 is 16.0 Å². The number of carboxylic acids is 1. The van der Waals surface area contributed by atoms with Crippen LogP contribution >= 0.6 is 0 Å². The summed E-state index contributed by atoms with van der Waals surface area (Å²) in [6.45, 7) is 0. The van der Waals surface area contributed by atoms with E-state index in [2.05, 4.69) is 4.72 Å². The number of carboxylic acid groups (broad SMARTS) is 1. The molecule has 0 amide bonds. The van der Waals surface area contributed by atoms with Crippen LogP contribution in [0.3, 0.4) is 0 Å². The average Bonchev–Trinajstić information content (AvgIpc) is 2.18. The molecule has 0 unspecified atom stereocenters. The van der Waals surface area contributed by atoms with Gasteiger partial charge in [0, 0.05) is 0 Å². The van der Waals surface area contributed by atoms with Gasteiger partial charge in [0.2, 0.25) is 10.0 Å². The second-order valence-corrected chi connectivity index (χ2v) is 4.41. The maximum Gasteiger partial charge on any atom is 1.00 e. The monoisotopic (exact) mass is 221 g/mol. The van der Waals surface area contributed by atoms with Crippen molar-refractivity contribution in [2.75, 3.05) is 7.05 Å². The molecule has 0 atom stereocenters. The number of sulfonamides is 1. The molecule has 5 nitrogen and oxygen atoms in total. The molecule has 15 heavy (non-hydrogen) atoms. The molecule has 0 aromatic heterocycles. The van der Waals surface area contributed by atoms with Crippen LogP contribution in [0.25, 0.3) is 0 Å². The smallest absolute Gasteiger partial charge is 0.545 e. The first-order chi connectivity index (χ1) is 6.47. The molecule has 0 fully saturated rings. The zero-order chi connectivity index (χ0) is 10.8. The van der Waals surface area contributed by atoms with E-state index in [0.29, 0.717) is 0 Å².